The lowest BCUT2D eigenvalue weighted by Crippen LogP contribution is -2.82. The average molecular weight is 1040 g/mol. The molecule has 14 nitrogen and oxygen atoms in total. The van der Waals surface area contributed by atoms with Crippen LogP contribution in [0.2, 0.25) is 36.3 Å². The number of Topliss-reactive ketones (excluding diaryl/α,β-unsaturated/α-hetero) is 1. The number of hydrogen-bond donors (Lipinski definition) is 3. The van der Waals surface area contributed by atoms with E-state index in [4.69, 9.17) is 27.8 Å². The molecule has 2 unspecified atom stereocenters. The Hall–Kier alpha value is -4.82. The Morgan fingerprint density at radius 3 is 1.90 bits per heavy atom. The molecule has 3 fully saturated rings. The first-order valence-corrected chi connectivity index (χ1v) is 31.3. The van der Waals surface area contributed by atoms with Crippen molar-refractivity contribution in [2.75, 3.05) is 6.61 Å². The first kappa shape index (κ1) is 55.9. The number of hydrogen-bond acceptors (Lipinski definition) is 13. The highest BCUT2D eigenvalue weighted by molar-refractivity contribution is 6.74. The number of aliphatic hydroxyl groups is 2. The Bertz CT molecular complexity index is 2550. The van der Waals surface area contributed by atoms with Crippen LogP contribution in [0.5, 0.6) is 0 Å². The topological polar surface area (TPSA) is 193 Å². The van der Waals surface area contributed by atoms with Gasteiger partial charge in [0, 0.05) is 30.7 Å². The average Bonchev–Trinajstić information content (AvgIpc) is 3.35. The molecule has 1 aliphatic heterocycles. The summed E-state index contributed by atoms with van der Waals surface area (Å²) in [7, 11) is -5.50. The quantitative estimate of drug-likeness (QED) is 0.0533. The van der Waals surface area contributed by atoms with E-state index in [1.165, 1.54) is 6.92 Å². The molecule has 3 N–H and O–H groups in total. The fourth-order valence-corrected chi connectivity index (χ4v) is 16.2. The van der Waals surface area contributed by atoms with E-state index in [1.54, 1.807) is 113 Å². The maximum Gasteiger partial charge on any atom is 0.338 e. The zero-order valence-electron chi connectivity index (χ0n) is 44.9. The molecule has 11 atom stereocenters. The van der Waals surface area contributed by atoms with Crippen LogP contribution in [0.15, 0.2) is 102 Å². The number of nitrogens with one attached hydrogen (secondary N) is 1. The molecule has 0 spiro atoms. The molecule has 3 aromatic rings. The first-order valence-electron chi connectivity index (χ1n) is 25.9. The van der Waals surface area contributed by atoms with Crippen molar-refractivity contribution in [2.24, 2.45) is 16.7 Å². The van der Waals surface area contributed by atoms with Gasteiger partial charge in [0.15, 0.2) is 34.1 Å². The number of fused-ring (bicyclic) bond motifs is 5. The summed E-state index contributed by atoms with van der Waals surface area (Å²) in [5, 5.41) is 29.9. The first-order chi connectivity index (χ1) is 34.2. The number of benzene rings is 3. The van der Waals surface area contributed by atoms with Gasteiger partial charge in [-0.25, -0.2) is 9.59 Å². The molecular weight excluding hydrogens is 963 g/mol. The summed E-state index contributed by atoms with van der Waals surface area (Å²) in [6.07, 6.45) is -8.52. The summed E-state index contributed by atoms with van der Waals surface area (Å²) < 4.78 is 40.4. The van der Waals surface area contributed by atoms with Crippen LogP contribution >= 0.6 is 0 Å². The van der Waals surface area contributed by atoms with E-state index in [9.17, 15) is 24.6 Å². The summed E-state index contributed by atoms with van der Waals surface area (Å²) >= 11 is 0. The van der Waals surface area contributed by atoms with Crippen LogP contribution in [0.1, 0.15) is 121 Å². The van der Waals surface area contributed by atoms with Crippen LogP contribution in [0.3, 0.4) is 0 Å². The normalized spacial score (nSPS) is 29.7. The molecule has 0 radical (unpaired) electrons. The highest BCUT2D eigenvalue weighted by Crippen LogP contribution is 2.65. The number of carbonyl (C=O) groups excluding carboxylic acids is 5. The van der Waals surface area contributed by atoms with E-state index < -0.39 is 128 Å². The molecule has 7 rings (SSSR count). The van der Waals surface area contributed by atoms with E-state index >= 15 is 9.59 Å². The Balaban J connectivity index is 1.44. The van der Waals surface area contributed by atoms with E-state index in [-0.39, 0.29) is 24.2 Å². The number of amides is 1. The second-order valence-corrected chi connectivity index (χ2v) is 32.4. The molecule has 2 saturated carbocycles. The molecule has 1 saturated heterocycles. The lowest BCUT2D eigenvalue weighted by molar-refractivity contribution is -0.344. The molecule has 3 aliphatic carbocycles. The number of esters is 3. The third-order valence-electron chi connectivity index (χ3n) is 17.7. The molecule has 73 heavy (non-hydrogen) atoms. The molecular formula is C57H77NO13Si2. The fourth-order valence-electron chi connectivity index (χ4n) is 12.0. The van der Waals surface area contributed by atoms with Crippen molar-refractivity contribution < 1.29 is 62.0 Å². The number of carbonyl (C=O) groups is 5. The van der Waals surface area contributed by atoms with Gasteiger partial charge in [-0.1, -0.05) is 122 Å². The summed E-state index contributed by atoms with van der Waals surface area (Å²) in [5.74, 6) is -4.91. The van der Waals surface area contributed by atoms with Crippen molar-refractivity contribution in [3.63, 3.8) is 0 Å². The van der Waals surface area contributed by atoms with Crippen molar-refractivity contribution in [3.05, 3.63) is 119 Å². The number of ether oxygens (including phenoxy) is 4. The molecule has 2 bridgehead atoms. The maximum absolute atomic E-state index is 16.1. The van der Waals surface area contributed by atoms with E-state index in [0.29, 0.717) is 16.7 Å². The second kappa shape index (κ2) is 20.7. The van der Waals surface area contributed by atoms with Crippen molar-refractivity contribution in [1.29, 1.82) is 0 Å². The highest BCUT2D eigenvalue weighted by atomic mass is 28.4. The van der Waals surface area contributed by atoms with Crippen LogP contribution < -0.4 is 5.32 Å². The van der Waals surface area contributed by atoms with Crippen LogP contribution in [0.4, 0.5) is 0 Å². The molecule has 0 aromatic heterocycles. The van der Waals surface area contributed by atoms with E-state index in [2.05, 4.69) is 26.1 Å². The molecule has 4 aliphatic rings. The Morgan fingerprint density at radius 1 is 0.849 bits per heavy atom. The molecule has 3 aromatic carbocycles. The summed E-state index contributed by atoms with van der Waals surface area (Å²) in [6, 6.07) is 26.9. The third-order valence-corrected chi connectivity index (χ3v) is 26.8. The Morgan fingerprint density at radius 2 is 1.40 bits per heavy atom. The van der Waals surface area contributed by atoms with Gasteiger partial charge in [-0.05, 0) is 91.1 Å². The standard InChI is InChI=1S/C57H77NO13Si2/c1-14-73(15-2,16-3)70-41-32-42-56(34-66-42,69-36(5)59)47-49(68-51(63)39-30-24-19-25-31-39)57(65)33-40(35(4)43(54(57,9)10)45(60)48(61)55(41,47)11)67-52(64)46(71-72(12,13)53(6,7)8)44(37-26-20-17-21-27-37)58-50(62)38-28-22-18-23-29-38/h17-31,40-42,44-47,49,60,65H,14-16,32-34H2,1-13H3,(H,58,62)/t40-,41?,42?,44-,45+,46+,47-,49-,55+,56-,57+/m0/s1. The van der Waals surface area contributed by atoms with Crippen molar-refractivity contribution in [1.82, 2.24) is 5.32 Å². The lowest BCUT2D eigenvalue weighted by atomic mass is 9.44. The van der Waals surface area contributed by atoms with Gasteiger partial charge >= 0.3 is 17.9 Å². The van der Waals surface area contributed by atoms with Crippen LogP contribution in [0, 0.1) is 16.7 Å². The van der Waals surface area contributed by atoms with Gasteiger partial charge < -0.3 is 43.3 Å². The van der Waals surface area contributed by atoms with Crippen LogP contribution in [-0.2, 0) is 42.2 Å². The lowest BCUT2D eigenvalue weighted by Gasteiger charge is -2.68. The van der Waals surface area contributed by atoms with Crippen molar-refractivity contribution in [3.8, 4) is 0 Å². The minimum absolute atomic E-state index is 0.0839. The molecule has 16 heteroatoms. The summed E-state index contributed by atoms with van der Waals surface area (Å²) in [4.78, 5) is 74.0. The van der Waals surface area contributed by atoms with Crippen LogP contribution in [-0.4, -0.2) is 111 Å². The number of ketones is 1. The third kappa shape index (κ3) is 9.86. The van der Waals surface area contributed by atoms with Crippen molar-refractivity contribution in [2.45, 2.75) is 179 Å². The minimum Gasteiger partial charge on any atom is -0.456 e. The smallest absolute Gasteiger partial charge is 0.338 e. The molecule has 1 heterocycles. The predicted molar refractivity (Wildman–Crippen MR) is 280 cm³/mol. The van der Waals surface area contributed by atoms with Gasteiger partial charge in [0.05, 0.1) is 35.6 Å². The fraction of sp³-hybridized carbons (Fsp3) is 0.561. The molecule has 1 amide bonds. The van der Waals surface area contributed by atoms with Gasteiger partial charge in [0.25, 0.3) is 5.91 Å². The summed E-state index contributed by atoms with van der Waals surface area (Å²) in [6.45, 7) is 24.0. The van der Waals surface area contributed by atoms with Gasteiger partial charge in [0.1, 0.15) is 30.0 Å². The maximum atomic E-state index is 16.1. The van der Waals surface area contributed by atoms with Gasteiger partial charge in [-0.2, -0.15) is 0 Å². The van der Waals surface area contributed by atoms with Gasteiger partial charge in [0.2, 0.25) is 0 Å². The SMILES string of the molecule is CC[Si](CC)(CC)OC1CC2OC[C@@]2(OC(C)=O)[C@H]2[C@H](OC(=O)c3ccccc3)[C@]3(O)C[C@H](OC(=O)[C@H](O[Si](C)(C)C(C)(C)C)[C@@H](NC(=O)c4ccccc4)c4ccccc4)C(C)=C([C@@H](O)C(=O)[C@]12C)C3(C)C. The van der Waals surface area contributed by atoms with E-state index in [0.717, 1.165) is 18.1 Å². The zero-order valence-corrected chi connectivity index (χ0v) is 46.9. The molecule has 396 valence electrons. The monoisotopic (exact) mass is 1040 g/mol. The highest BCUT2D eigenvalue weighted by Gasteiger charge is 2.78. The van der Waals surface area contributed by atoms with E-state index in [1.807, 2.05) is 39.9 Å². The number of aliphatic hydroxyl groups excluding tert-OH is 1. The largest absolute Gasteiger partial charge is 0.456 e. The van der Waals surface area contributed by atoms with Crippen LogP contribution in [0.25, 0.3) is 0 Å². The van der Waals surface area contributed by atoms with Crippen molar-refractivity contribution >= 4 is 46.2 Å². The Labute approximate surface area is 433 Å². The van der Waals surface area contributed by atoms with Gasteiger partial charge in [-0.15, -0.1) is 0 Å². The Kier molecular flexibility index (Phi) is 15.9. The number of rotatable bonds is 16. The predicted octanol–water partition coefficient (Wildman–Crippen LogP) is 9.22. The van der Waals surface area contributed by atoms with Gasteiger partial charge in [-0.3, -0.25) is 14.4 Å². The zero-order chi connectivity index (χ0) is 53.7. The minimum atomic E-state index is -2.90. The summed E-state index contributed by atoms with van der Waals surface area (Å²) in [5.41, 5.74) is -5.85. The second-order valence-electron chi connectivity index (χ2n) is 23.0.